The topological polar surface area (TPSA) is 56.1 Å². The molecule has 0 aliphatic heterocycles. The highest BCUT2D eigenvalue weighted by Gasteiger charge is 2.14. The molecule has 0 fully saturated rings. The summed E-state index contributed by atoms with van der Waals surface area (Å²) in [6.45, 7) is 7.75. The van der Waals surface area contributed by atoms with Gasteiger partial charge in [-0.3, -0.25) is 4.79 Å². The van der Waals surface area contributed by atoms with Crippen molar-refractivity contribution in [2.24, 2.45) is 5.92 Å². The molecule has 1 N–H and O–H groups in total. The van der Waals surface area contributed by atoms with E-state index in [1.807, 2.05) is 29.0 Å². The smallest absolute Gasteiger partial charge is 0.249 e. The van der Waals surface area contributed by atoms with E-state index >= 15 is 0 Å². The fraction of sp³-hybridized carbons (Fsp3) is 0.444. The summed E-state index contributed by atoms with van der Waals surface area (Å²) in [6.07, 6.45) is 5.05. The molecule has 5 heteroatoms. The summed E-state index contributed by atoms with van der Waals surface area (Å²) in [5, 5.41) is 2.95. The largest absolute Gasteiger partial charge is 0.368 e. The summed E-state index contributed by atoms with van der Waals surface area (Å²) < 4.78 is 7.55. The molecule has 1 amide bonds. The zero-order chi connectivity index (χ0) is 16.7. The van der Waals surface area contributed by atoms with Crippen molar-refractivity contribution in [2.45, 2.75) is 40.0 Å². The van der Waals surface area contributed by atoms with E-state index in [1.54, 1.807) is 19.4 Å². The quantitative estimate of drug-likeness (QED) is 0.814. The number of hydrogen-bond donors (Lipinski definition) is 1. The van der Waals surface area contributed by atoms with Gasteiger partial charge in [0, 0.05) is 32.1 Å². The molecule has 0 aliphatic carbocycles. The number of carbonyl (C=O) groups excluding carboxylic acids is 1. The first-order chi connectivity index (χ1) is 11.1. The van der Waals surface area contributed by atoms with Crippen LogP contribution in [0.4, 0.5) is 0 Å². The second kappa shape index (κ2) is 8.48. The van der Waals surface area contributed by atoms with Gasteiger partial charge in [0.25, 0.3) is 0 Å². The zero-order valence-corrected chi connectivity index (χ0v) is 14.0. The average molecular weight is 315 g/mol. The van der Waals surface area contributed by atoms with Crippen LogP contribution in [0, 0.1) is 5.92 Å². The van der Waals surface area contributed by atoms with Crippen LogP contribution in [0.3, 0.4) is 0 Å². The van der Waals surface area contributed by atoms with Crippen molar-refractivity contribution in [3.8, 4) is 0 Å². The summed E-state index contributed by atoms with van der Waals surface area (Å²) >= 11 is 0. The number of rotatable bonds is 8. The highest BCUT2D eigenvalue weighted by molar-refractivity contribution is 5.80. The maximum absolute atomic E-state index is 12.1. The molecule has 1 aromatic heterocycles. The van der Waals surface area contributed by atoms with Gasteiger partial charge < -0.3 is 14.6 Å². The molecule has 1 aromatic carbocycles. The van der Waals surface area contributed by atoms with E-state index in [9.17, 15) is 4.79 Å². The van der Waals surface area contributed by atoms with Crippen molar-refractivity contribution in [1.29, 1.82) is 0 Å². The van der Waals surface area contributed by atoms with E-state index in [0.717, 1.165) is 12.1 Å². The number of nitrogens with one attached hydrogen (secondary N) is 1. The highest BCUT2D eigenvalue weighted by Crippen LogP contribution is 2.11. The van der Waals surface area contributed by atoms with E-state index in [1.165, 1.54) is 5.56 Å². The van der Waals surface area contributed by atoms with E-state index in [0.29, 0.717) is 19.1 Å². The second-order valence-corrected chi connectivity index (χ2v) is 6.09. The van der Waals surface area contributed by atoms with Gasteiger partial charge in [0.15, 0.2) is 0 Å². The van der Waals surface area contributed by atoms with Crippen molar-refractivity contribution in [3.63, 3.8) is 0 Å². The SMILES string of the molecule is CC(C)CO[C@H](C)C(=O)NCc1ccccc1Cn1ccnc1. The number of hydrogen-bond acceptors (Lipinski definition) is 3. The van der Waals surface area contributed by atoms with Gasteiger partial charge in [-0.2, -0.15) is 0 Å². The molecule has 0 unspecified atom stereocenters. The molecule has 0 radical (unpaired) electrons. The fourth-order valence-electron chi connectivity index (χ4n) is 2.20. The van der Waals surface area contributed by atoms with Crippen LogP contribution in [0.1, 0.15) is 31.9 Å². The number of benzene rings is 1. The Balaban J connectivity index is 1.91. The minimum atomic E-state index is -0.432. The van der Waals surface area contributed by atoms with E-state index in [2.05, 4.69) is 30.2 Å². The first-order valence-corrected chi connectivity index (χ1v) is 7.98. The number of ether oxygens (including phenoxy) is 1. The van der Waals surface area contributed by atoms with E-state index in [-0.39, 0.29) is 5.91 Å². The summed E-state index contributed by atoms with van der Waals surface area (Å²) in [6, 6.07) is 8.09. The molecule has 5 nitrogen and oxygen atoms in total. The molecule has 1 heterocycles. The molecule has 2 aromatic rings. The number of imidazole rings is 1. The van der Waals surface area contributed by atoms with Gasteiger partial charge in [0.2, 0.25) is 5.91 Å². The van der Waals surface area contributed by atoms with Crippen LogP contribution in [0.25, 0.3) is 0 Å². The molecular weight excluding hydrogens is 290 g/mol. The lowest BCUT2D eigenvalue weighted by Crippen LogP contribution is -2.35. The maximum Gasteiger partial charge on any atom is 0.249 e. The minimum Gasteiger partial charge on any atom is -0.368 e. The molecule has 0 spiro atoms. The Kier molecular flexibility index (Phi) is 6.35. The molecule has 2 rings (SSSR count). The third-order valence-electron chi connectivity index (χ3n) is 3.53. The molecule has 0 aliphatic rings. The Morgan fingerprint density at radius 1 is 1.26 bits per heavy atom. The number of nitrogens with zero attached hydrogens (tertiary/aromatic N) is 2. The summed E-state index contributed by atoms with van der Waals surface area (Å²) in [5.41, 5.74) is 2.27. The monoisotopic (exact) mass is 315 g/mol. The standard InChI is InChI=1S/C18H25N3O2/c1-14(2)12-23-15(3)18(22)20-10-16-6-4-5-7-17(16)11-21-9-8-19-13-21/h4-9,13-15H,10-12H2,1-3H3,(H,20,22)/t15-/m1/s1. The molecular formula is C18H25N3O2. The fourth-order valence-corrected chi connectivity index (χ4v) is 2.20. The second-order valence-electron chi connectivity index (χ2n) is 6.09. The van der Waals surface area contributed by atoms with Crippen LogP contribution in [-0.2, 0) is 22.6 Å². The number of aromatic nitrogens is 2. The maximum atomic E-state index is 12.1. The van der Waals surface area contributed by atoms with Gasteiger partial charge in [-0.1, -0.05) is 38.1 Å². The summed E-state index contributed by atoms with van der Waals surface area (Å²) in [4.78, 5) is 16.2. The summed E-state index contributed by atoms with van der Waals surface area (Å²) in [7, 11) is 0. The lowest BCUT2D eigenvalue weighted by atomic mass is 10.1. The molecule has 1 atom stereocenters. The lowest BCUT2D eigenvalue weighted by molar-refractivity contribution is -0.132. The van der Waals surface area contributed by atoms with Crippen molar-refractivity contribution < 1.29 is 9.53 Å². The number of amides is 1. The number of carbonyl (C=O) groups is 1. The van der Waals surface area contributed by atoms with Crippen molar-refractivity contribution in [1.82, 2.24) is 14.9 Å². The van der Waals surface area contributed by atoms with Crippen LogP contribution >= 0.6 is 0 Å². The van der Waals surface area contributed by atoms with Gasteiger partial charge in [-0.05, 0) is 24.0 Å². The van der Waals surface area contributed by atoms with Crippen LogP contribution < -0.4 is 5.32 Å². The van der Waals surface area contributed by atoms with Gasteiger partial charge in [0.05, 0.1) is 6.33 Å². The summed E-state index contributed by atoms with van der Waals surface area (Å²) in [5.74, 6) is 0.337. The average Bonchev–Trinajstić information content (AvgIpc) is 3.04. The first-order valence-electron chi connectivity index (χ1n) is 7.98. The predicted octanol–water partition coefficient (Wildman–Crippen LogP) is 2.61. The van der Waals surface area contributed by atoms with Gasteiger partial charge >= 0.3 is 0 Å². The predicted molar refractivity (Wildman–Crippen MR) is 89.9 cm³/mol. The Hall–Kier alpha value is -2.14. The molecule has 23 heavy (non-hydrogen) atoms. The third-order valence-corrected chi connectivity index (χ3v) is 3.53. The Morgan fingerprint density at radius 3 is 2.65 bits per heavy atom. The first kappa shape index (κ1) is 17.2. The molecule has 124 valence electrons. The van der Waals surface area contributed by atoms with Crippen molar-refractivity contribution in [2.75, 3.05) is 6.61 Å². The molecule has 0 saturated carbocycles. The highest BCUT2D eigenvalue weighted by atomic mass is 16.5. The zero-order valence-electron chi connectivity index (χ0n) is 14.0. The van der Waals surface area contributed by atoms with Crippen LogP contribution in [-0.4, -0.2) is 28.2 Å². The van der Waals surface area contributed by atoms with Gasteiger partial charge in [-0.25, -0.2) is 4.98 Å². The normalized spacial score (nSPS) is 12.3. The Labute approximate surface area is 137 Å². The Morgan fingerprint density at radius 2 is 2.00 bits per heavy atom. The van der Waals surface area contributed by atoms with Gasteiger partial charge in [0.1, 0.15) is 6.10 Å². The third kappa shape index (κ3) is 5.53. The van der Waals surface area contributed by atoms with E-state index in [4.69, 9.17) is 4.74 Å². The van der Waals surface area contributed by atoms with Gasteiger partial charge in [-0.15, -0.1) is 0 Å². The van der Waals surface area contributed by atoms with Crippen molar-refractivity contribution >= 4 is 5.91 Å². The lowest BCUT2D eigenvalue weighted by Gasteiger charge is -2.16. The van der Waals surface area contributed by atoms with Crippen LogP contribution in [0.5, 0.6) is 0 Å². The minimum absolute atomic E-state index is 0.0805. The Bertz CT molecular complexity index is 608. The van der Waals surface area contributed by atoms with Crippen LogP contribution in [0.2, 0.25) is 0 Å². The molecule has 0 saturated heterocycles. The molecule has 0 bridgehead atoms. The van der Waals surface area contributed by atoms with Crippen LogP contribution in [0.15, 0.2) is 43.0 Å². The van der Waals surface area contributed by atoms with E-state index < -0.39 is 6.10 Å². The van der Waals surface area contributed by atoms with Crippen molar-refractivity contribution in [3.05, 3.63) is 54.1 Å².